The van der Waals surface area contributed by atoms with Crippen molar-refractivity contribution in [1.29, 1.82) is 0 Å². The smallest absolute Gasteiger partial charge is 0.239 e. The maximum absolute atomic E-state index is 11.1. The van der Waals surface area contributed by atoms with E-state index >= 15 is 0 Å². The van der Waals surface area contributed by atoms with Gasteiger partial charge in [-0.2, -0.15) is 0 Å². The van der Waals surface area contributed by atoms with E-state index in [2.05, 4.69) is 16.0 Å². The molecule has 2 amide bonds. The van der Waals surface area contributed by atoms with Gasteiger partial charge in [0.1, 0.15) is 0 Å². The SMILES string of the molecule is CCNC(=O)CNC(=O)C(C)NC. The molecule has 76 valence electrons. The van der Waals surface area contributed by atoms with E-state index in [1.54, 1.807) is 14.0 Å². The summed E-state index contributed by atoms with van der Waals surface area (Å²) in [6.45, 7) is 4.18. The first-order valence-electron chi connectivity index (χ1n) is 4.33. The standard InChI is InChI=1S/C8H17N3O2/c1-4-10-7(12)5-11-8(13)6(2)9-3/h6,9H,4-5H2,1-3H3,(H,10,12)(H,11,13). The largest absolute Gasteiger partial charge is 0.355 e. The molecule has 0 spiro atoms. The summed E-state index contributed by atoms with van der Waals surface area (Å²) in [5.74, 6) is -0.340. The highest BCUT2D eigenvalue weighted by molar-refractivity contribution is 5.87. The summed E-state index contributed by atoms with van der Waals surface area (Å²) in [5, 5.41) is 7.86. The third kappa shape index (κ3) is 5.19. The molecule has 0 saturated heterocycles. The third-order valence-corrected chi connectivity index (χ3v) is 1.62. The van der Waals surface area contributed by atoms with E-state index in [1.807, 2.05) is 6.92 Å². The topological polar surface area (TPSA) is 70.2 Å². The number of likely N-dealkylation sites (N-methyl/N-ethyl adjacent to an activating group) is 2. The third-order valence-electron chi connectivity index (χ3n) is 1.62. The molecule has 0 aromatic heterocycles. The highest BCUT2D eigenvalue weighted by atomic mass is 16.2. The Hall–Kier alpha value is -1.10. The minimum atomic E-state index is -0.269. The summed E-state index contributed by atoms with van der Waals surface area (Å²) in [6.07, 6.45) is 0. The molecule has 3 N–H and O–H groups in total. The lowest BCUT2D eigenvalue weighted by Crippen LogP contribution is -2.44. The number of nitrogens with one attached hydrogen (secondary N) is 3. The monoisotopic (exact) mass is 187 g/mol. The van der Waals surface area contributed by atoms with Crippen molar-refractivity contribution in [3.63, 3.8) is 0 Å². The van der Waals surface area contributed by atoms with E-state index in [0.717, 1.165) is 0 Å². The molecule has 1 unspecified atom stereocenters. The van der Waals surface area contributed by atoms with Gasteiger partial charge in [0.05, 0.1) is 12.6 Å². The predicted octanol–water partition coefficient (Wildman–Crippen LogP) is -1.15. The number of carbonyl (C=O) groups excluding carboxylic acids is 2. The van der Waals surface area contributed by atoms with Gasteiger partial charge < -0.3 is 16.0 Å². The molecule has 1 atom stereocenters. The number of hydrogen-bond donors (Lipinski definition) is 3. The summed E-state index contributed by atoms with van der Waals surface area (Å²) in [7, 11) is 1.69. The van der Waals surface area contributed by atoms with Crippen molar-refractivity contribution >= 4 is 11.8 Å². The van der Waals surface area contributed by atoms with E-state index in [9.17, 15) is 9.59 Å². The molecule has 0 bridgehead atoms. The van der Waals surface area contributed by atoms with Crippen LogP contribution in [0.5, 0.6) is 0 Å². The van der Waals surface area contributed by atoms with Crippen LogP contribution in [0.2, 0.25) is 0 Å². The molecule has 0 rings (SSSR count). The highest BCUT2D eigenvalue weighted by Gasteiger charge is 2.10. The van der Waals surface area contributed by atoms with E-state index < -0.39 is 0 Å². The van der Waals surface area contributed by atoms with Crippen molar-refractivity contribution in [3.05, 3.63) is 0 Å². The summed E-state index contributed by atoms with van der Waals surface area (Å²) in [5.41, 5.74) is 0. The second-order valence-electron chi connectivity index (χ2n) is 2.68. The van der Waals surface area contributed by atoms with Crippen LogP contribution in [0, 0.1) is 0 Å². The molecule has 0 aromatic carbocycles. The van der Waals surface area contributed by atoms with Crippen LogP contribution in [-0.2, 0) is 9.59 Å². The maximum Gasteiger partial charge on any atom is 0.239 e. The zero-order valence-corrected chi connectivity index (χ0v) is 8.31. The molecule has 0 fully saturated rings. The van der Waals surface area contributed by atoms with Gasteiger partial charge in [-0.25, -0.2) is 0 Å². The van der Waals surface area contributed by atoms with Gasteiger partial charge in [0, 0.05) is 6.54 Å². The number of hydrogen-bond acceptors (Lipinski definition) is 3. The Morgan fingerprint density at radius 3 is 2.38 bits per heavy atom. The molecule has 0 radical (unpaired) electrons. The first-order valence-corrected chi connectivity index (χ1v) is 4.33. The Labute approximate surface area is 78.3 Å². The first kappa shape index (κ1) is 11.9. The van der Waals surface area contributed by atoms with Crippen molar-refractivity contribution in [2.75, 3.05) is 20.1 Å². The fourth-order valence-electron chi connectivity index (χ4n) is 0.711. The molecule has 13 heavy (non-hydrogen) atoms. The second-order valence-corrected chi connectivity index (χ2v) is 2.68. The van der Waals surface area contributed by atoms with Crippen molar-refractivity contribution in [2.24, 2.45) is 0 Å². The van der Waals surface area contributed by atoms with Gasteiger partial charge in [0.25, 0.3) is 0 Å². The molecule has 0 saturated carbocycles. The second kappa shape index (κ2) is 6.42. The highest BCUT2D eigenvalue weighted by Crippen LogP contribution is 1.78. The average Bonchev–Trinajstić information content (AvgIpc) is 2.13. The van der Waals surface area contributed by atoms with Crippen LogP contribution in [0.15, 0.2) is 0 Å². The molecule has 0 aliphatic heterocycles. The summed E-state index contributed by atoms with van der Waals surface area (Å²) < 4.78 is 0. The van der Waals surface area contributed by atoms with Gasteiger partial charge >= 0.3 is 0 Å². The van der Waals surface area contributed by atoms with Crippen molar-refractivity contribution in [2.45, 2.75) is 19.9 Å². The zero-order chi connectivity index (χ0) is 10.3. The lowest BCUT2D eigenvalue weighted by molar-refractivity contribution is -0.126. The Morgan fingerprint density at radius 1 is 1.31 bits per heavy atom. The van der Waals surface area contributed by atoms with Crippen LogP contribution < -0.4 is 16.0 Å². The zero-order valence-electron chi connectivity index (χ0n) is 8.31. The van der Waals surface area contributed by atoms with Gasteiger partial charge in [-0.05, 0) is 20.9 Å². The fourth-order valence-corrected chi connectivity index (χ4v) is 0.711. The van der Waals surface area contributed by atoms with Crippen LogP contribution >= 0.6 is 0 Å². The van der Waals surface area contributed by atoms with E-state index in [-0.39, 0.29) is 24.4 Å². The molecular formula is C8H17N3O2. The minimum Gasteiger partial charge on any atom is -0.355 e. The van der Waals surface area contributed by atoms with Crippen LogP contribution in [0.1, 0.15) is 13.8 Å². The Morgan fingerprint density at radius 2 is 1.92 bits per heavy atom. The van der Waals surface area contributed by atoms with E-state index in [1.165, 1.54) is 0 Å². The average molecular weight is 187 g/mol. The number of carbonyl (C=O) groups is 2. The fraction of sp³-hybridized carbons (Fsp3) is 0.750. The lowest BCUT2D eigenvalue weighted by atomic mass is 10.3. The molecule has 0 aliphatic carbocycles. The van der Waals surface area contributed by atoms with E-state index in [4.69, 9.17) is 0 Å². The van der Waals surface area contributed by atoms with Crippen LogP contribution in [0.4, 0.5) is 0 Å². The molecule has 5 heteroatoms. The first-order chi connectivity index (χ1) is 6.11. The Kier molecular flexibility index (Phi) is 5.88. The van der Waals surface area contributed by atoms with Crippen LogP contribution in [0.3, 0.4) is 0 Å². The molecule has 0 aromatic rings. The lowest BCUT2D eigenvalue weighted by Gasteiger charge is -2.10. The summed E-state index contributed by atoms with van der Waals surface area (Å²) >= 11 is 0. The maximum atomic E-state index is 11.1. The Bertz CT molecular complexity index is 182. The summed E-state index contributed by atoms with van der Waals surface area (Å²) in [6, 6.07) is -0.269. The van der Waals surface area contributed by atoms with Crippen molar-refractivity contribution in [1.82, 2.24) is 16.0 Å². The predicted molar refractivity (Wildman–Crippen MR) is 50.2 cm³/mol. The van der Waals surface area contributed by atoms with Gasteiger partial charge in [-0.3, -0.25) is 9.59 Å². The molecule has 0 aliphatic rings. The Balaban J connectivity index is 3.63. The molecular weight excluding hydrogens is 170 g/mol. The van der Waals surface area contributed by atoms with Crippen molar-refractivity contribution in [3.8, 4) is 0 Å². The van der Waals surface area contributed by atoms with Gasteiger partial charge in [-0.15, -0.1) is 0 Å². The number of amides is 2. The number of rotatable bonds is 5. The molecule has 0 heterocycles. The van der Waals surface area contributed by atoms with Crippen molar-refractivity contribution < 1.29 is 9.59 Å². The molecule has 5 nitrogen and oxygen atoms in total. The summed E-state index contributed by atoms with van der Waals surface area (Å²) in [4.78, 5) is 22.0. The van der Waals surface area contributed by atoms with Crippen LogP contribution in [0.25, 0.3) is 0 Å². The van der Waals surface area contributed by atoms with Gasteiger partial charge in [-0.1, -0.05) is 0 Å². The normalized spacial score (nSPS) is 11.9. The van der Waals surface area contributed by atoms with Gasteiger partial charge in [0.15, 0.2) is 0 Å². The minimum absolute atomic E-state index is 0.0404. The van der Waals surface area contributed by atoms with E-state index in [0.29, 0.717) is 6.54 Å². The van der Waals surface area contributed by atoms with Crippen LogP contribution in [-0.4, -0.2) is 38.0 Å². The van der Waals surface area contributed by atoms with Gasteiger partial charge in [0.2, 0.25) is 11.8 Å². The quantitative estimate of drug-likeness (QED) is 0.509.